The van der Waals surface area contributed by atoms with Crippen LogP contribution in [-0.4, -0.2) is 35.2 Å². The fourth-order valence-corrected chi connectivity index (χ4v) is 3.44. The van der Waals surface area contributed by atoms with Gasteiger partial charge in [-0.15, -0.1) is 0 Å². The molecule has 0 spiro atoms. The van der Waals surface area contributed by atoms with E-state index in [0.717, 1.165) is 0 Å². The Morgan fingerprint density at radius 2 is 1.57 bits per heavy atom. The maximum atomic E-state index is 12.3. The van der Waals surface area contributed by atoms with E-state index in [4.69, 9.17) is 0 Å². The van der Waals surface area contributed by atoms with E-state index < -0.39 is 0 Å². The number of carbonyl (C=O) groups is 3. The van der Waals surface area contributed by atoms with Crippen molar-refractivity contribution in [1.29, 1.82) is 0 Å². The number of benzene rings is 1. The summed E-state index contributed by atoms with van der Waals surface area (Å²) in [5, 5.41) is 3.13. The number of fused-ring (bicyclic) bond motifs is 1. The van der Waals surface area contributed by atoms with Crippen LogP contribution in [0.1, 0.15) is 52.8 Å². The smallest absolute Gasteiger partial charge is 0.261 e. The average Bonchev–Trinajstić information content (AvgIpc) is 3.46. The summed E-state index contributed by atoms with van der Waals surface area (Å²) < 4.78 is 0. The summed E-state index contributed by atoms with van der Waals surface area (Å²) in [6.07, 6.45) is 5.01. The van der Waals surface area contributed by atoms with Crippen molar-refractivity contribution in [2.24, 2.45) is 11.8 Å². The van der Waals surface area contributed by atoms with Crippen LogP contribution in [0.5, 0.6) is 0 Å². The van der Waals surface area contributed by atoms with Crippen LogP contribution in [0.15, 0.2) is 24.3 Å². The predicted octanol–water partition coefficient (Wildman–Crippen LogP) is 1.98. The number of nitrogens with zero attached hydrogens (tertiary/aromatic N) is 1. The zero-order chi connectivity index (χ0) is 16.0. The minimum Gasteiger partial charge on any atom is -0.353 e. The number of amides is 3. The minimum atomic E-state index is -0.292. The molecule has 4 rings (SSSR count). The Hall–Kier alpha value is -2.17. The maximum absolute atomic E-state index is 12.3. The molecule has 2 fully saturated rings. The molecule has 0 bridgehead atoms. The second-order valence-electron chi connectivity index (χ2n) is 6.83. The van der Waals surface area contributed by atoms with E-state index in [2.05, 4.69) is 5.32 Å². The van der Waals surface area contributed by atoms with Crippen LogP contribution in [0, 0.1) is 11.8 Å². The van der Waals surface area contributed by atoms with E-state index >= 15 is 0 Å². The zero-order valence-corrected chi connectivity index (χ0v) is 13.0. The molecule has 0 aromatic heterocycles. The van der Waals surface area contributed by atoms with Crippen molar-refractivity contribution in [3.8, 4) is 0 Å². The molecule has 0 atom stereocenters. The molecule has 1 aromatic carbocycles. The predicted molar refractivity (Wildman–Crippen MR) is 83.8 cm³/mol. The van der Waals surface area contributed by atoms with Gasteiger partial charge in [0.1, 0.15) is 0 Å². The lowest BCUT2D eigenvalue weighted by Gasteiger charge is -2.19. The number of imide groups is 1. The average molecular weight is 312 g/mol. The Bertz CT molecular complexity index is 630. The highest BCUT2D eigenvalue weighted by molar-refractivity contribution is 6.21. The fourth-order valence-electron chi connectivity index (χ4n) is 3.44. The summed E-state index contributed by atoms with van der Waals surface area (Å²) in [5.41, 5.74) is 0.874. The largest absolute Gasteiger partial charge is 0.353 e. The highest BCUT2D eigenvalue weighted by atomic mass is 16.2. The second kappa shape index (κ2) is 5.48. The van der Waals surface area contributed by atoms with Crippen LogP contribution in [-0.2, 0) is 4.79 Å². The number of hydrogen-bond acceptors (Lipinski definition) is 3. The Balaban J connectivity index is 1.35. The van der Waals surface area contributed by atoms with E-state index in [9.17, 15) is 14.4 Å². The van der Waals surface area contributed by atoms with Crippen LogP contribution >= 0.6 is 0 Å². The summed E-state index contributed by atoms with van der Waals surface area (Å²) in [4.78, 5) is 37.9. The van der Waals surface area contributed by atoms with Crippen LogP contribution in [0.2, 0.25) is 0 Å². The Morgan fingerprint density at radius 3 is 2.04 bits per heavy atom. The number of rotatable bonds is 6. The minimum absolute atomic E-state index is 0.0506. The Morgan fingerprint density at radius 1 is 1.04 bits per heavy atom. The summed E-state index contributed by atoms with van der Waals surface area (Å²) >= 11 is 0. The van der Waals surface area contributed by atoms with Gasteiger partial charge in [-0.1, -0.05) is 12.1 Å². The molecule has 3 aliphatic rings. The first-order chi connectivity index (χ1) is 11.1. The molecule has 0 radical (unpaired) electrons. The van der Waals surface area contributed by atoms with E-state index in [1.54, 1.807) is 24.3 Å². The van der Waals surface area contributed by atoms with E-state index in [1.165, 1.54) is 30.6 Å². The van der Waals surface area contributed by atoms with Gasteiger partial charge in [-0.05, 0) is 49.7 Å². The van der Waals surface area contributed by atoms with Crippen LogP contribution in [0.25, 0.3) is 0 Å². The molecule has 0 unspecified atom stereocenters. The van der Waals surface area contributed by atoms with Crippen LogP contribution < -0.4 is 5.32 Å². The highest BCUT2D eigenvalue weighted by Crippen LogP contribution is 2.44. The monoisotopic (exact) mass is 312 g/mol. The van der Waals surface area contributed by atoms with Crippen LogP contribution in [0.3, 0.4) is 0 Å². The van der Waals surface area contributed by atoms with Gasteiger partial charge >= 0.3 is 0 Å². The van der Waals surface area contributed by atoms with E-state index in [0.29, 0.717) is 29.0 Å². The topological polar surface area (TPSA) is 66.5 Å². The van der Waals surface area contributed by atoms with Gasteiger partial charge in [0.15, 0.2) is 0 Å². The number of nitrogens with one attached hydrogen (secondary N) is 1. The highest BCUT2D eigenvalue weighted by Gasteiger charge is 2.42. The molecule has 5 nitrogen and oxygen atoms in total. The molecule has 5 heteroatoms. The third kappa shape index (κ3) is 2.76. The molecular weight excluding hydrogens is 292 g/mol. The normalized spacial score (nSPS) is 20.1. The van der Waals surface area contributed by atoms with Gasteiger partial charge in [-0.2, -0.15) is 0 Å². The molecule has 1 N–H and O–H groups in total. The standard InChI is InChI=1S/C18H20N2O3/c21-15(19-16(11-5-6-11)12-7-8-12)9-10-20-17(22)13-3-1-2-4-14(13)18(20)23/h1-4,11-12,16H,5-10H2,(H,19,21). The van der Waals surface area contributed by atoms with Crippen molar-refractivity contribution in [3.63, 3.8) is 0 Å². The van der Waals surface area contributed by atoms with E-state index in [1.807, 2.05) is 0 Å². The molecule has 1 heterocycles. The van der Waals surface area contributed by atoms with Gasteiger partial charge in [0, 0.05) is 19.0 Å². The van der Waals surface area contributed by atoms with Gasteiger partial charge < -0.3 is 5.32 Å². The van der Waals surface area contributed by atoms with Gasteiger partial charge in [0.05, 0.1) is 11.1 Å². The van der Waals surface area contributed by atoms with Gasteiger partial charge in [0.25, 0.3) is 11.8 Å². The molecular formula is C18H20N2O3. The second-order valence-corrected chi connectivity index (χ2v) is 6.83. The number of carbonyl (C=O) groups excluding carboxylic acids is 3. The first kappa shape index (κ1) is 14.4. The lowest BCUT2D eigenvalue weighted by molar-refractivity contribution is -0.122. The summed E-state index contributed by atoms with van der Waals surface area (Å²) in [7, 11) is 0. The lowest BCUT2D eigenvalue weighted by Crippen LogP contribution is -2.40. The Labute approximate surface area is 135 Å². The van der Waals surface area contributed by atoms with Crippen molar-refractivity contribution in [1.82, 2.24) is 10.2 Å². The molecule has 1 aliphatic heterocycles. The molecule has 2 aliphatic carbocycles. The molecule has 1 aromatic rings. The lowest BCUT2D eigenvalue weighted by atomic mass is 10.1. The summed E-state index contributed by atoms with van der Waals surface area (Å²) in [5.74, 6) is 0.653. The first-order valence-corrected chi connectivity index (χ1v) is 8.40. The van der Waals surface area contributed by atoms with E-state index in [-0.39, 0.29) is 30.7 Å². The summed E-state index contributed by atoms with van der Waals surface area (Å²) in [6.45, 7) is 0.153. The zero-order valence-electron chi connectivity index (χ0n) is 13.0. The molecule has 2 saturated carbocycles. The summed E-state index contributed by atoms with van der Waals surface area (Å²) in [6, 6.07) is 7.12. The maximum Gasteiger partial charge on any atom is 0.261 e. The fraction of sp³-hybridized carbons (Fsp3) is 0.500. The third-order valence-electron chi connectivity index (χ3n) is 5.03. The Kier molecular flexibility index (Phi) is 3.43. The third-order valence-corrected chi connectivity index (χ3v) is 5.03. The van der Waals surface area contributed by atoms with Gasteiger partial charge in [-0.25, -0.2) is 0 Å². The molecule has 3 amide bonds. The van der Waals surface area contributed by atoms with Crippen molar-refractivity contribution in [3.05, 3.63) is 35.4 Å². The molecule has 120 valence electrons. The SMILES string of the molecule is O=C(CCN1C(=O)c2ccccc2C1=O)NC(C1CC1)C1CC1. The molecule has 23 heavy (non-hydrogen) atoms. The van der Waals surface area contributed by atoms with Crippen molar-refractivity contribution >= 4 is 17.7 Å². The van der Waals surface area contributed by atoms with Gasteiger partial charge in [-0.3, -0.25) is 19.3 Å². The van der Waals surface area contributed by atoms with Crippen LogP contribution in [0.4, 0.5) is 0 Å². The van der Waals surface area contributed by atoms with Crippen molar-refractivity contribution < 1.29 is 14.4 Å². The van der Waals surface area contributed by atoms with Gasteiger partial charge in [0.2, 0.25) is 5.91 Å². The molecule has 0 saturated heterocycles. The van der Waals surface area contributed by atoms with Crippen molar-refractivity contribution in [2.45, 2.75) is 38.1 Å². The quantitative estimate of drug-likeness (QED) is 0.817. The van der Waals surface area contributed by atoms with Crippen molar-refractivity contribution in [2.75, 3.05) is 6.54 Å². The first-order valence-electron chi connectivity index (χ1n) is 8.40. The number of hydrogen-bond donors (Lipinski definition) is 1.